The number of nitrogens with one attached hydrogen (secondary N) is 1. The fourth-order valence-corrected chi connectivity index (χ4v) is 1.85. The third-order valence-electron chi connectivity index (χ3n) is 3.28. The van der Waals surface area contributed by atoms with Crippen LogP contribution >= 0.6 is 0 Å². The fraction of sp³-hybridized carbons (Fsp3) is 0.368. The molecule has 0 spiro atoms. The molecule has 0 bridgehead atoms. The lowest BCUT2D eigenvalue weighted by molar-refractivity contribution is -0.144. The zero-order valence-corrected chi connectivity index (χ0v) is 14.9. The summed E-state index contributed by atoms with van der Waals surface area (Å²) >= 11 is 0. The van der Waals surface area contributed by atoms with Crippen molar-refractivity contribution in [3.8, 4) is 23.7 Å². The Morgan fingerprint density at radius 1 is 1.27 bits per heavy atom. The van der Waals surface area contributed by atoms with Crippen LogP contribution in [0.5, 0.6) is 0 Å². The molecule has 0 radical (unpaired) electrons. The smallest absolute Gasteiger partial charge is 0.330 e. The van der Waals surface area contributed by atoms with Crippen molar-refractivity contribution in [1.82, 2.24) is 5.32 Å². The van der Waals surface area contributed by atoms with Crippen molar-refractivity contribution in [3.63, 3.8) is 0 Å². The first-order valence-corrected chi connectivity index (χ1v) is 7.77. The van der Waals surface area contributed by atoms with Gasteiger partial charge in [0.1, 0.15) is 12.1 Å². The maximum Gasteiger partial charge on any atom is 0.330 e. The summed E-state index contributed by atoms with van der Waals surface area (Å²) in [5.74, 6) is 8.94. The number of methoxy groups -OCH3 is 1. The van der Waals surface area contributed by atoms with Crippen molar-refractivity contribution < 1.29 is 24.5 Å². The van der Waals surface area contributed by atoms with Crippen LogP contribution in [0.1, 0.15) is 29.8 Å². The molecule has 138 valence electrons. The van der Waals surface area contributed by atoms with E-state index < -0.39 is 36.2 Å². The third kappa shape index (κ3) is 6.58. The number of carbonyl (C=O) groups is 2. The third-order valence-corrected chi connectivity index (χ3v) is 3.28. The molecule has 1 aromatic rings. The van der Waals surface area contributed by atoms with Gasteiger partial charge in [0.05, 0.1) is 13.7 Å². The molecule has 0 saturated carbocycles. The van der Waals surface area contributed by atoms with Crippen molar-refractivity contribution in [2.45, 2.75) is 31.5 Å². The lowest BCUT2D eigenvalue weighted by Gasteiger charge is -2.28. The molecule has 1 aromatic carbocycles. The van der Waals surface area contributed by atoms with Gasteiger partial charge in [-0.05, 0) is 50.0 Å². The van der Waals surface area contributed by atoms with E-state index in [0.29, 0.717) is 11.1 Å². The van der Waals surface area contributed by atoms with Crippen LogP contribution in [0.15, 0.2) is 24.3 Å². The minimum absolute atomic E-state index is 0.329. The van der Waals surface area contributed by atoms with Crippen molar-refractivity contribution in [1.29, 1.82) is 0 Å². The first-order chi connectivity index (χ1) is 12.2. The van der Waals surface area contributed by atoms with Crippen molar-refractivity contribution in [2.75, 3.05) is 13.7 Å². The molecule has 0 unspecified atom stereocenters. The molecule has 1 rings (SSSR count). The molecular formula is C19H22N2O5. The number of hydrogen-bond acceptors (Lipinski definition) is 6. The normalized spacial score (nSPS) is 12.5. The molecule has 0 fully saturated rings. The van der Waals surface area contributed by atoms with Gasteiger partial charge in [-0.2, -0.15) is 0 Å². The number of hydrogen-bond donors (Lipinski definition) is 4. The van der Waals surface area contributed by atoms with E-state index >= 15 is 0 Å². The number of carbonyl (C=O) groups excluding carboxylic acids is 2. The molecule has 1 amide bonds. The Hall–Kier alpha value is -2.84. The Bertz CT molecular complexity index is 758. The number of aliphatic hydroxyl groups is 2. The van der Waals surface area contributed by atoms with Crippen LogP contribution in [-0.2, 0) is 9.53 Å². The summed E-state index contributed by atoms with van der Waals surface area (Å²) in [4.78, 5) is 24.1. The van der Waals surface area contributed by atoms with E-state index in [2.05, 4.69) is 33.7 Å². The molecule has 26 heavy (non-hydrogen) atoms. The monoisotopic (exact) mass is 358 g/mol. The van der Waals surface area contributed by atoms with Gasteiger partial charge in [-0.25, -0.2) is 4.79 Å². The number of aliphatic hydroxyl groups excluding tert-OH is 2. The van der Waals surface area contributed by atoms with Gasteiger partial charge in [0.25, 0.3) is 5.91 Å². The van der Waals surface area contributed by atoms with E-state index in [1.807, 2.05) is 0 Å². The van der Waals surface area contributed by atoms with E-state index in [1.165, 1.54) is 7.11 Å². The van der Waals surface area contributed by atoms with Gasteiger partial charge in [0.2, 0.25) is 0 Å². The van der Waals surface area contributed by atoms with Gasteiger partial charge >= 0.3 is 5.97 Å². The standard InChI is InChI=1S/C19H22N2O5/c1-19(2,20)16(18(25)26-3)21-17(24)14-10-8-13(9-11-14)6-4-5-7-15(23)12-22/h8-11,15-16,22-23H,12,20H2,1-3H3,(H,21,24)/t15-,16+/m0/s1. The van der Waals surface area contributed by atoms with Crippen LogP contribution in [0.4, 0.5) is 0 Å². The minimum Gasteiger partial charge on any atom is -0.467 e. The maximum atomic E-state index is 12.3. The zero-order chi connectivity index (χ0) is 19.7. The zero-order valence-electron chi connectivity index (χ0n) is 14.9. The average Bonchev–Trinajstić information content (AvgIpc) is 2.61. The molecule has 2 atom stereocenters. The van der Waals surface area contributed by atoms with Crippen LogP contribution in [0.2, 0.25) is 0 Å². The van der Waals surface area contributed by atoms with Gasteiger partial charge in [0.15, 0.2) is 0 Å². The van der Waals surface area contributed by atoms with E-state index in [9.17, 15) is 9.59 Å². The van der Waals surface area contributed by atoms with Crippen LogP contribution in [0, 0.1) is 23.7 Å². The quantitative estimate of drug-likeness (QED) is 0.412. The SMILES string of the molecule is COC(=O)[C@@H](NC(=O)c1ccc(C#CC#C[C@H](O)CO)cc1)C(C)(C)N. The van der Waals surface area contributed by atoms with Crippen molar-refractivity contribution in [2.24, 2.45) is 5.73 Å². The molecule has 0 heterocycles. The second-order valence-electron chi connectivity index (χ2n) is 6.05. The summed E-state index contributed by atoms with van der Waals surface area (Å²) in [6.45, 7) is 2.77. The highest BCUT2D eigenvalue weighted by atomic mass is 16.5. The van der Waals surface area contributed by atoms with Crippen LogP contribution in [0.3, 0.4) is 0 Å². The summed E-state index contributed by atoms with van der Waals surface area (Å²) in [6, 6.07) is 5.34. The summed E-state index contributed by atoms with van der Waals surface area (Å²) in [5.41, 5.74) is 5.87. The second-order valence-corrected chi connectivity index (χ2v) is 6.05. The summed E-state index contributed by atoms with van der Waals surface area (Å²) in [5, 5.41) is 20.2. The second kappa shape index (κ2) is 9.59. The number of nitrogens with two attached hydrogens (primary N) is 1. The first kappa shape index (κ1) is 21.2. The van der Waals surface area contributed by atoms with Crippen molar-refractivity contribution in [3.05, 3.63) is 35.4 Å². The Kier molecular flexibility index (Phi) is 7.82. The van der Waals surface area contributed by atoms with Gasteiger partial charge in [-0.1, -0.05) is 11.8 Å². The predicted molar refractivity (Wildman–Crippen MR) is 95.7 cm³/mol. The molecule has 7 heteroatoms. The van der Waals surface area contributed by atoms with Crippen molar-refractivity contribution >= 4 is 11.9 Å². The highest BCUT2D eigenvalue weighted by molar-refractivity contribution is 5.97. The summed E-state index contributed by atoms with van der Waals surface area (Å²) in [6.07, 6.45) is -1.12. The highest BCUT2D eigenvalue weighted by Gasteiger charge is 2.34. The van der Waals surface area contributed by atoms with E-state index in [-0.39, 0.29) is 0 Å². The Balaban J connectivity index is 2.84. The van der Waals surface area contributed by atoms with E-state index in [0.717, 1.165) is 0 Å². The Morgan fingerprint density at radius 3 is 2.38 bits per heavy atom. The van der Waals surface area contributed by atoms with Crippen LogP contribution in [-0.4, -0.2) is 53.5 Å². The van der Waals surface area contributed by atoms with Crippen LogP contribution in [0.25, 0.3) is 0 Å². The average molecular weight is 358 g/mol. The predicted octanol–water partition coefficient (Wildman–Crippen LogP) is -0.597. The Morgan fingerprint density at radius 2 is 1.88 bits per heavy atom. The molecule has 7 nitrogen and oxygen atoms in total. The summed E-state index contributed by atoms with van der Waals surface area (Å²) < 4.78 is 4.68. The lowest BCUT2D eigenvalue weighted by atomic mass is 9.95. The van der Waals surface area contributed by atoms with E-state index in [1.54, 1.807) is 38.1 Å². The topological polar surface area (TPSA) is 122 Å². The number of esters is 1. The van der Waals surface area contributed by atoms with Gasteiger partial charge in [-0.15, -0.1) is 0 Å². The minimum atomic E-state index is -1.12. The molecule has 0 aliphatic rings. The molecule has 0 saturated heterocycles. The summed E-state index contributed by atoms with van der Waals surface area (Å²) in [7, 11) is 1.23. The first-order valence-electron chi connectivity index (χ1n) is 7.77. The largest absolute Gasteiger partial charge is 0.467 e. The Labute approximate surface area is 152 Å². The number of benzene rings is 1. The molecular weight excluding hydrogens is 336 g/mol. The van der Waals surface area contributed by atoms with Crippen LogP contribution < -0.4 is 11.1 Å². The molecule has 0 aromatic heterocycles. The number of rotatable bonds is 5. The van der Waals surface area contributed by atoms with Gasteiger partial charge in [-0.3, -0.25) is 4.79 Å². The highest BCUT2D eigenvalue weighted by Crippen LogP contribution is 2.10. The van der Waals surface area contributed by atoms with E-state index in [4.69, 9.17) is 15.9 Å². The van der Waals surface area contributed by atoms with Gasteiger partial charge in [0, 0.05) is 16.7 Å². The fourth-order valence-electron chi connectivity index (χ4n) is 1.85. The number of amides is 1. The maximum absolute atomic E-state index is 12.3. The lowest BCUT2D eigenvalue weighted by Crippen LogP contribution is -2.59. The molecule has 0 aliphatic carbocycles. The number of ether oxygens (including phenoxy) is 1. The van der Waals surface area contributed by atoms with Gasteiger partial charge < -0.3 is 26.0 Å². The molecule has 0 aliphatic heterocycles. The molecule has 5 N–H and O–H groups in total.